The average molecular weight is 141 g/mol. The van der Waals surface area contributed by atoms with Crippen LogP contribution in [0.2, 0.25) is 0 Å². The van der Waals surface area contributed by atoms with Gasteiger partial charge >= 0.3 is 0 Å². The topological polar surface area (TPSA) is 69.6 Å². The van der Waals surface area contributed by atoms with E-state index in [9.17, 15) is 0 Å². The van der Waals surface area contributed by atoms with E-state index in [1.807, 2.05) is 0 Å². The number of nitrogens with zero attached hydrogens (tertiary/aromatic N) is 4. The van der Waals surface area contributed by atoms with Crippen LogP contribution in [0.25, 0.3) is 0 Å². The number of aromatic nitrogens is 4. The van der Waals surface area contributed by atoms with Crippen molar-refractivity contribution in [2.45, 2.75) is 20.4 Å². The third kappa shape index (κ3) is 1.43. The van der Waals surface area contributed by atoms with Gasteiger partial charge in [-0.3, -0.25) is 0 Å². The molecule has 1 aromatic rings. The van der Waals surface area contributed by atoms with Crippen molar-refractivity contribution in [1.82, 2.24) is 20.2 Å². The number of tetrazole rings is 1. The molecule has 1 aromatic heterocycles. The van der Waals surface area contributed by atoms with Crippen LogP contribution in [0.15, 0.2) is 0 Å². The van der Waals surface area contributed by atoms with Crippen molar-refractivity contribution in [3.05, 3.63) is 0 Å². The summed E-state index contributed by atoms with van der Waals surface area (Å²) in [6.45, 7) is 4.95. The second-order valence-corrected chi connectivity index (χ2v) is 2.61. The molecule has 5 heteroatoms. The molecule has 5 nitrogen and oxygen atoms in total. The molecule has 0 spiro atoms. The zero-order valence-electron chi connectivity index (χ0n) is 6.15. The summed E-state index contributed by atoms with van der Waals surface area (Å²) in [4.78, 5) is 0. The highest BCUT2D eigenvalue weighted by atomic mass is 15.6. The van der Waals surface area contributed by atoms with Gasteiger partial charge in [-0.1, -0.05) is 18.9 Å². The van der Waals surface area contributed by atoms with Crippen LogP contribution >= 0.6 is 0 Å². The Morgan fingerprint density at radius 2 is 2.30 bits per heavy atom. The van der Waals surface area contributed by atoms with E-state index >= 15 is 0 Å². The lowest BCUT2D eigenvalue weighted by Crippen LogP contribution is -2.09. The van der Waals surface area contributed by atoms with Gasteiger partial charge < -0.3 is 5.73 Å². The molecule has 10 heavy (non-hydrogen) atoms. The van der Waals surface area contributed by atoms with Gasteiger partial charge in [0.1, 0.15) is 0 Å². The number of hydrogen-bond donors (Lipinski definition) is 1. The molecular formula is C5H11N5. The first kappa shape index (κ1) is 6.98. The first-order valence-corrected chi connectivity index (χ1v) is 3.22. The van der Waals surface area contributed by atoms with E-state index < -0.39 is 0 Å². The van der Waals surface area contributed by atoms with Gasteiger partial charge in [0.05, 0.1) is 0 Å². The lowest BCUT2D eigenvalue weighted by Gasteiger charge is -2.02. The van der Waals surface area contributed by atoms with Crippen molar-refractivity contribution >= 4 is 5.95 Å². The summed E-state index contributed by atoms with van der Waals surface area (Å²) in [6, 6.07) is 0. The Bertz CT molecular complexity index is 204. The average Bonchev–Trinajstić information content (AvgIpc) is 2.15. The maximum atomic E-state index is 5.42. The fourth-order valence-corrected chi connectivity index (χ4v) is 0.687. The molecule has 0 saturated carbocycles. The molecule has 56 valence electrons. The van der Waals surface area contributed by atoms with Crippen LogP contribution in [0, 0.1) is 5.92 Å². The van der Waals surface area contributed by atoms with Crippen molar-refractivity contribution in [2.24, 2.45) is 5.92 Å². The fourth-order valence-electron chi connectivity index (χ4n) is 0.687. The number of hydrogen-bond acceptors (Lipinski definition) is 4. The molecule has 0 aliphatic rings. The minimum Gasteiger partial charge on any atom is -0.367 e. The first-order chi connectivity index (χ1) is 4.70. The maximum Gasteiger partial charge on any atom is 0.240 e. The molecule has 0 atom stereocenters. The highest BCUT2D eigenvalue weighted by molar-refractivity contribution is 5.09. The Labute approximate surface area is 59.2 Å². The summed E-state index contributed by atoms with van der Waals surface area (Å²) < 4.78 is 1.59. The van der Waals surface area contributed by atoms with Gasteiger partial charge in [0.15, 0.2) is 0 Å². The minimum absolute atomic E-state index is 0.383. The van der Waals surface area contributed by atoms with Gasteiger partial charge in [-0.2, -0.15) is 0 Å². The quantitative estimate of drug-likeness (QED) is 0.625. The van der Waals surface area contributed by atoms with Crippen LogP contribution < -0.4 is 5.73 Å². The molecule has 0 aliphatic carbocycles. The van der Waals surface area contributed by atoms with Gasteiger partial charge in [0.25, 0.3) is 0 Å². The zero-order valence-corrected chi connectivity index (χ0v) is 6.15. The predicted octanol–water partition coefficient (Wildman–Crippen LogP) is -0.0887. The molecule has 2 N–H and O–H groups in total. The summed E-state index contributed by atoms with van der Waals surface area (Å²) in [6.07, 6.45) is 0. The van der Waals surface area contributed by atoms with Gasteiger partial charge in [-0.15, -0.1) is 0 Å². The second-order valence-electron chi connectivity index (χ2n) is 2.61. The first-order valence-electron chi connectivity index (χ1n) is 3.22. The molecule has 1 heterocycles. The number of anilines is 1. The van der Waals surface area contributed by atoms with Crippen molar-refractivity contribution in [2.75, 3.05) is 5.73 Å². The molecule has 0 bridgehead atoms. The predicted molar refractivity (Wildman–Crippen MR) is 37.1 cm³/mol. The fraction of sp³-hybridized carbons (Fsp3) is 0.800. The molecule has 0 radical (unpaired) electrons. The molecule has 0 fully saturated rings. The standard InChI is InChI=1S/C5H11N5/c1-4(2)3-10-5(6)7-8-9-10/h4H,3H2,1-2H3,(H2,6,7,9). The van der Waals surface area contributed by atoms with Gasteiger partial charge in [-0.05, 0) is 16.3 Å². The second kappa shape index (κ2) is 2.64. The van der Waals surface area contributed by atoms with Crippen LogP contribution in [0.1, 0.15) is 13.8 Å². The van der Waals surface area contributed by atoms with E-state index in [1.54, 1.807) is 4.68 Å². The molecule has 0 saturated heterocycles. The van der Waals surface area contributed by atoms with E-state index in [2.05, 4.69) is 29.4 Å². The van der Waals surface area contributed by atoms with E-state index in [0.29, 0.717) is 11.9 Å². The molecule has 0 aromatic carbocycles. The molecule has 0 aliphatic heterocycles. The van der Waals surface area contributed by atoms with Crippen molar-refractivity contribution < 1.29 is 0 Å². The summed E-state index contributed by atoms with van der Waals surface area (Å²) >= 11 is 0. The van der Waals surface area contributed by atoms with Crippen molar-refractivity contribution in [1.29, 1.82) is 0 Å². The number of nitrogens with two attached hydrogens (primary N) is 1. The van der Waals surface area contributed by atoms with Crippen LogP contribution in [0.3, 0.4) is 0 Å². The molecule has 0 unspecified atom stereocenters. The van der Waals surface area contributed by atoms with E-state index in [-0.39, 0.29) is 0 Å². The van der Waals surface area contributed by atoms with E-state index in [4.69, 9.17) is 5.73 Å². The zero-order chi connectivity index (χ0) is 7.56. The lowest BCUT2D eigenvalue weighted by atomic mass is 10.2. The van der Waals surface area contributed by atoms with Crippen LogP contribution in [0.4, 0.5) is 5.95 Å². The Morgan fingerprint density at radius 3 is 2.70 bits per heavy atom. The van der Waals surface area contributed by atoms with Gasteiger partial charge in [-0.25, -0.2) is 4.68 Å². The summed E-state index contributed by atoms with van der Waals surface area (Å²) in [5.41, 5.74) is 5.42. The summed E-state index contributed by atoms with van der Waals surface area (Å²) in [7, 11) is 0. The Kier molecular flexibility index (Phi) is 1.84. The highest BCUT2D eigenvalue weighted by Crippen LogP contribution is 1.99. The van der Waals surface area contributed by atoms with Gasteiger partial charge in [0.2, 0.25) is 5.95 Å². The summed E-state index contributed by atoms with van der Waals surface area (Å²) in [5, 5.41) is 10.6. The van der Waals surface area contributed by atoms with Crippen molar-refractivity contribution in [3.63, 3.8) is 0 Å². The third-order valence-electron chi connectivity index (χ3n) is 1.10. The van der Waals surface area contributed by atoms with Crippen LogP contribution in [-0.2, 0) is 6.54 Å². The summed E-state index contributed by atoms with van der Waals surface area (Å²) in [5.74, 6) is 0.902. The van der Waals surface area contributed by atoms with Crippen molar-refractivity contribution in [3.8, 4) is 0 Å². The van der Waals surface area contributed by atoms with Crippen LogP contribution in [-0.4, -0.2) is 20.2 Å². The monoisotopic (exact) mass is 141 g/mol. The molecule has 1 rings (SSSR count). The Morgan fingerprint density at radius 1 is 1.60 bits per heavy atom. The molecule has 0 amide bonds. The molecular weight excluding hydrogens is 130 g/mol. The number of nitrogen functional groups attached to an aromatic ring is 1. The maximum absolute atomic E-state index is 5.42. The highest BCUT2D eigenvalue weighted by Gasteiger charge is 2.01. The third-order valence-corrected chi connectivity index (χ3v) is 1.10. The normalized spacial score (nSPS) is 10.7. The largest absolute Gasteiger partial charge is 0.367 e. The Hall–Kier alpha value is -1.13. The van der Waals surface area contributed by atoms with E-state index in [0.717, 1.165) is 6.54 Å². The lowest BCUT2D eigenvalue weighted by molar-refractivity contribution is 0.477. The number of rotatable bonds is 2. The SMILES string of the molecule is CC(C)Cn1nnnc1N. The van der Waals surface area contributed by atoms with Gasteiger partial charge in [0, 0.05) is 6.54 Å². The Balaban J connectivity index is 2.65. The van der Waals surface area contributed by atoms with Crippen LogP contribution in [0.5, 0.6) is 0 Å². The minimum atomic E-state index is 0.383. The smallest absolute Gasteiger partial charge is 0.240 e. The van der Waals surface area contributed by atoms with E-state index in [1.165, 1.54) is 0 Å².